The van der Waals surface area contributed by atoms with Crippen molar-refractivity contribution in [1.82, 2.24) is 4.31 Å². The number of primary amides is 1. The van der Waals surface area contributed by atoms with Gasteiger partial charge in [-0.3, -0.25) is 9.59 Å². The Morgan fingerprint density at radius 1 is 1.06 bits per heavy atom. The molecule has 2 aromatic carbocycles. The summed E-state index contributed by atoms with van der Waals surface area (Å²) >= 11 is 0. The summed E-state index contributed by atoms with van der Waals surface area (Å²) < 4.78 is 38.4. The number of hydrogen-bond acceptors (Lipinski definition) is 6. The zero-order chi connectivity index (χ0) is 23.1. The van der Waals surface area contributed by atoms with Gasteiger partial charge in [0.2, 0.25) is 15.9 Å². The van der Waals surface area contributed by atoms with Gasteiger partial charge in [-0.15, -0.1) is 0 Å². The van der Waals surface area contributed by atoms with Crippen molar-refractivity contribution in [3.63, 3.8) is 0 Å². The maximum Gasteiger partial charge on any atom is 0.262 e. The lowest BCUT2D eigenvalue weighted by molar-refractivity contribution is -0.118. The van der Waals surface area contributed by atoms with Gasteiger partial charge in [0.15, 0.2) is 6.61 Å². The summed E-state index contributed by atoms with van der Waals surface area (Å²) in [6.07, 6.45) is 2.67. The van der Waals surface area contributed by atoms with Crippen molar-refractivity contribution in [3.8, 4) is 11.5 Å². The van der Waals surface area contributed by atoms with Crippen LogP contribution in [0.25, 0.3) is 0 Å². The van der Waals surface area contributed by atoms with E-state index in [2.05, 4.69) is 5.32 Å². The number of sulfonamides is 1. The molecular weight excluding hydrogens is 434 g/mol. The second-order valence-corrected chi connectivity index (χ2v) is 9.22. The molecule has 3 rings (SSSR count). The first kappa shape index (κ1) is 23.6. The van der Waals surface area contributed by atoms with E-state index in [0.29, 0.717) is 31.2 Å². The number of nitrogens with one attached hydrogen (secondary N) is 1. The topological polar surface area (TPSA) is 128 Å². The lowest BCUT2D eigenvalue weighted by Crippen LogP contribution is -2.35. The van der Waals surface area contributed by atoms with Crippen LogP contribution < -0.4 is 20.5 Å². The number of nitrogens with two attached hydrogens (primary N) is 1. The van der Waals surface area contributed by atoms with E-state index in [9.17, 15) is 18.0 Å². The number of benzene rings is 2. The first-order chi connectivity index (χ1) is 15.3. The van der Waals surface area contributed by atoms with Crippen LogP contribution in [0.4, 0.5) is 5.69 Å². The fourth-order valence-electron chi connectivity index (χ4n) is 3.38. The molecule has 10 heteroatoms. The number of amides is 2. The van der Waals surface area contributed by atoms with Crippen molar-refractivity contribution in [2.75, 3.05) is 31.6 Å². The van der Waals surface area contributed by atoms with E-state index in [1.54, 1.807) is 19.1 Å². The molecule has 172 valence electrons. The summed E-state index contributed by atoms with van der Waals surface area (Å²) in [6, 6.07) is 10.6. The molecule has 9 nitrogen and oxygen atoms in total. The largest absolute Gasteiger partial charge is 0.492 e. The van der Waals surface area contributed by atoms with E-state index in [-0.39, 0.29) is 22.8 Å². The molecule has 1 fully saturated rings. The molecule has 0 bridgehead atoms. The molecule has 0 radical (unpaired) electrons. The van der Waals surface area contributed by atoms with Gasteiger partial charge in [-0.1, -0.05) is 12.5 Å². The molecule has 2 aromatic rings. The Kier molecular flexibility index (Phi) is 7.70. The maximum atomic E-state index is 13.0. The normalized spacial score (nSPS) is 14.5. The Morgan fingerprint density at radius 3 is 2.50 bits per heavy atom. The van der Waals surface area contributed by atoms with Crippen molar-refractivity contribution in [2.45, 2.75) is 31.1 Å². The van der Waals surface area contributed by atoms with Crippen LogP contribution >= 0.6 is 0 Å². The smallest absolute Gasteiger partial charge is 0.262 e. The molecule has 0 spiro atoms. The van der Waals surface area contributed by atoms with Crippen LogP contribution in [0.2, 0.25) is 0 Å². The standard InChI is InChI=1S/C22H27N3O6S/c1-2-30-20-10-9-18(32(28,29)25-11-4-3-5-12-25)14-19(20)24-21(26)15-31-17-8-6-7-16(13-17)22(23)27/h6-10,13-14H,2-5,11-12,15H2,1H3,(H2,23,27)(H,24,26). The summed E-state index contributed by atoms with van der Waals surface area (Å²) in [5.74, 6) is -0.451. The van der Waals surface area contributed by atoms with Gasteiger partial charge in [0.1, 0.15) is 11.5 Å². The summed E-state index contributed by atoms with van der Waals surface area (Å²) in [5.41, 5.74) is 5.75. The molecule has 0 aromatic heterocycles. The molecule has 1 aliphatic heterocycles. The predicted molar refractivity (Wildman–Crippen MR) is 119 cm³/mol. The molecule has 0 unspecified atom stereocenters. The second-order valence-electron chi connectivity index (χ2n) is 7.28. The Hall–Kier alpha value is -3.11. The molecule has 0 saturated carbocycles. The lowest BCUT2D eigenvalue weighted by atomic mass is 10.2. The van der Waals surface area contributed by atoms with E-state index >= 15 is 0 Å². The predicted octanol–water partition coefficient (Wildman–Crippen LogP) is 2.38. The minimum absolute atomic E-state index is 0.0910. The van der Waals surface area contributed by atoms with Crippen molar-refractivity contribution >= 4 is 27.5 Å². The highest BCUT2D eigenvalue weighted by Gasteiger charge is 2.27. The number of anilines is 1. The first-order valence-electron chi connectivity index (χ1n) is 10.4. The molecular formula is C22H27N3O6S. The third-order valence-electron chi connectivity index (χ3n) is 4.97. The highest BCUT2D eigenvalue weighted by atomic mass is 32.2. The maximum absolute atomic E-state index is 13.0. The first-order valence-corrected chi connectivity index (χ1v) is 11.8. The quantitative estimate of drug-likeness (QED) is 0.590. The monoisotopic (exact) mass is 461 g/mol. The molecule has 1 aliphatic rings. The van der Waals surface area contributed by atoms with Crippen LogP contribution in [-0.4, -0.2) is 50.8 Å². The number of carbonyl (C=O) groups is 2. The highest BCUT2D eigenvalue weighted by Crippen LogP contribution is 2.30. The van der Waals surface area contributed by atoms with Crippen molar-refractivity contribution in [2.24, 2.45) is 5.73 Å². The molecule has 32 heavy (non-hydrogen) atoms. The van der Waals surface area contributed by atoms with Crippen LogP contribution in [0, 0.1) is 0 Å². The molecule has 2 amide bonds. The van der Waals surface area contributed by atoms with Crippen molar-refractivity contribution in [3.05, 3.63) is 48.0 Å². The number of carbonyl (C=O) groups excluding carboxylic acids is 2. The van der Waals surface area contributed by atoms with Gasteiger partial charge < -0.3 is 20.5 Å². The molecule has 0 atom stereocenters. The average Bonchev–Trinajstić information content (AvgIpc) is 2.79. The van der Waals surface area contributed by atoms with E-state index in [0.717, 1.165) is 19.3 Å². The van der Waals surface area contributed by atoms with Gasteiger partial charge in [-0.05, 0) is 56.2 Å². The Morgan fingerprint density at radius 2 is 1.81 bits per heavy atom. The van der Waals surface area contributed by atoms with Crippen molar-refractivity contribution < 1.29 is 27.5 Å². The average molecular weight is 462 g/mol. The van der Waals surface area contributed by atoms with Gasteiger partial charge in [-0.2, -0.15) is 4.31 Å². The zero-order valence-electron chi connectivity index (χ0n) is 17.9. The Balaban J connectivity index is 1.75. The van der Waals surface area contributed by atoms with Gasteiger partial charge in [0.05, 0.1) is 17.2 Å². The fourth-order valence-corrected chi connectivity index (χ4v) is 4.92. The van der Waals surface area contributed by atoms with Crippen LogP contribution in [0.3, 0.4) is 0 Å². The summed E-state index contributed by atoms with van der Waals surface area (Å²) in [5, 5.41) is 2.65. The van der Waals surface area contributed by atoms with Crippen LogP contribution in [0.1, 0.15) is 36.5 Å². The van der Waals surface area contributed by atoms with Gasteiger partial charge >= 0.3 is 0 Å². The van der Waals surface area contributed by atoms with Crippen LogP contribution in [0.5, 0.6) is 11.5 Å². The number of rotatable bonds is 9. The van der Waals surface area contributed by atoms with E-state index in [1.807, 2.05) is 0 Å². The van der Waals surface area contributed by atoms with Crippen LogP contribution in [-0.2, 0) is 14.8 Å². The van der Waals surface area contributed by atoms with Crippen LogP contribution in [0.15, 0.2) is 47.4 Å². The molecule has 1 saturated heterocycles. The Bertz CT molecular complexity index is 1080. The molecule has 3 N–H and O–H groups in total. The number of nitrogens with zero attached hydrogens (tertiary/aromatic N) is 1. The third-order valence-corrected chi connectivity index (χ3v) is 6.86. The molecule has 0 aliphatic carbocycles. The number of piperidine rings is 1. The fraction of sp³-hybridized carbons (Fsp3) is 0.364. The van der Waals surface area contributed by atoms with E-state index in [4.69, 9.17) is 15.2 Å². The number of ether oxygens (including phenoxy) is 2. The summed E-state index contributed by atoms with van der Waals surface area (Å²) in [4.78, 5) is 23.9. The van der Waals surface area contributed by atoms with Gasteiger partial charge in [0, 0.05) is 18.7 Å². The third kappa shape index (κ3) is 5.77. The van der Waals surface area contributed by atoms with E-state index in [1.165, 1.54) is 34.6 Å². The SMILES string of the molecule is CCOc1ccc(S(=O)(=O)N2CCCCC2)cc1NC(=O)COc1cccc(C(N)=O)c1. The van der Waals surface area contributed by atoms with E-state index < -0.39 is 21.8 Å². The summed E-state index contributed by atoms with van der Waals surface area (Å²) in [6.45, 7) is 2.75. The minimum atomic E-state index is -3.67. The van der Waals surface area contributed by atoms with Gasteiger partial charge in [-0.25, -0.2) is 8.42 Å². The second kappa shape index (κ2) is 10.5. The minimum Gasteiger partial charge on any atom is -0.492 e. The Labute approximate surface area is 187 Å². The lowest BCUT2D eigenvalue weighted by Gasteiger charge is -2.26. The summed E-state index contributed by atoms with van der Waals surface area (Å²) in [7, 11) is -3.67. The van der Waals surface area contributed by atoms with Crippen molar-refractivity contribution in [1.29, 1.82) is 0 Å². The van der Waals surface area contributed by atoms with Gasteiger partial charge in [0.25, 0.3) is 5.91 Å². The highest BCUT2D eigenvalue weighted by molar-refractivity contribution is 7.89. The molecule has 1 heterocycles. The zero-order valence-corrected chi connectivity index (χ0v) is 18.7. The number of hydrogen-bond donors (Lipinski definition) is 2.